The van der Waals surface area contributed by atoms with Gasteiger partial charge in [-0.15, -0.1) is 0 Å². The average Bonchev–Trinajstić information content (AvgIpc) is 2.47. The minimum atomic E-state index is -0.00171. The van der Waals surface area contributed by atoms with Crippen LogP contribution in [-0.4, -0.2) is 20.0 Å². The number of methoxy groups -OCH3 is 2. The van der Waals surface area contributed by atoms with Gasteiger partial charge in [-0.05, 0) is 37.3 Å². The Bertz CT molecular complexity index is 520. The predicted octanol–water partition coefficient (Wildman–Crippen LogP) is 2.97. The molecule has 0 fully saturated rings. The van der Waals surface area contributed by atoms with Crippen LogP contribution in [0, 0.1) is 0 Å². The van der Waals surface area contributed by atoms with E-state index in [0.717, 1.165) is 31.3 Å². The molecular weight excluding hydrogens is 242 g/mol. The van der Waals surface area contributed by atoms with Gasteiger partial charge in [-0.2, -0.15) is 0 Å². The predicted molar refractivity (Wildman–Crippen MR) is 74.8 cm³/mol. The third-order valence-corrected chi connectivity index (χ3v) is 3.38. The van der Waals surface area contributed by atoms with Crippen molar-refractivity contribution >= 4 is 11.5 Å². The van der Waals surface area contributed by atoms with Crippen LogP contribution >= 0.6 is 0 Å². The Kier molecular flexibility index (Phi) is 4.10. The van der Waals surface area contributed by atoms with Crippen LogP contribution in [0.2, 0.25) is 0 Å². The van der Waals surface area contributed by atoms with Gasteiger partial charge in [-0.25, -0.2) is 0 Å². The fourth-order valence-corrected chi connectivity index (χ4v) is 2.31. The zero-order chi connectivity index (χ0) is 13.8. The molecule has 2 N–H and O–H groups in total. The van der Waals surface area contributed by atoms with Crippen molar-refractivity contribution in [2.24, 2.45) is 0 Å². The van der Waals surface area contributed by atoms with Crippen LogP contribution in [0.3, 0.4) is 0 Å². The molecule has 4 heteroatoms. The molecule has 0 aromatic heterocycles. The third kappa shape index (κ3) is 2.72. The van der Waals surface area contributed by atoms with E-state index in [2.05, 4.69) is 0 Å². The number of rotatable bonds is 4. The lowest BCUT2D eigenvalue weighted by molar-refractivity contribution is 0.102. The number of ether oxygens (including phenoxy) is 2. The Balaban J connectivity index is 2.38. The van der Waals surface area contributed by atoms with Crippen molar-refractivity contribution in [2.45, 2.75) is 25.7 Å². The number of carbonyl (C=O) groups is 1. The monoisotopic (exact) mass is 261 g/mol. The largest absolute Gasteiger partial charge is 0.493 e. The van der Waals surface area contributed by atoms with Crippen molar-refractivity contribution < 1.29 is 14.3 Å². The van der Waals surface area contributed by atoms with Crippen molar-refractivity contribution in [3.05, 3.63) is 29.3 Å². The van der Waals surface area contributed by atoms with E-state index in [9.17, 15) is 4.79 Å². The van der Waals surface area contributed by atoms with Crippen LogP contribution < -0.4 is 15.2 Å². The van der Waals surface area contributed by atoms with E-state index in [4.69, 9.17) is 15.2 Å². The summed E-state index contributed by atoms with van der Waals surface area (Å²) in [5, 5.41) is 0. The van der Waals surface area contributed by atoms with Crippen molar-refractivity contribution in [3.8, 4) is 11.5 Å². The number of hydrogen-bond acceptors (Lipinski definition) is 4. The number of nitrogens with two attached hydrogens (primary N) is 1. The number of allylic oxidation sites excluding steroid dienone is 2. The van der Waals surface area contributed by atoms with Crippen molar-refractivity contribution in [3.63, 3.8) is 0 Å². The smallest absolute Gasteiger partial charge is 0.190 e. The van der Waals surface area contributed by atoms with Gasteiger partial charge >= 0.3 is 0 Å². The first-order chi connectivity index (χ1) is 9.17. The Morgan fingerprint density at radius 1 is 1.16 bits per heavy atom. The molecule has 1 aromatic rings. The second-order valence-electron chi connectivity index (χ2n) is 4.60. The summed E-state index contributed by atoms with van der Waals surface area (Å²) in [5.41, 5.74) is 7.71. The molecule has 102 valence electrons. The van der Waals surface area contributed by atoms with Crippen LogP contribution in [0.15, 0.2) is 23.8 Å². The maximum Gasteiger partial charge on any atom is 0.190 e. The van der Waals surface area contributed by atoms with E-state index < -0.39 is 0 Å². The summed E-state index contributed by atoms with van der Waals surface area (Å²) in [6, 6.07) is 3.29. The van der Waals surface area contributed by atoms with E-state index in [1.165, 1.54) is 0 Å². The van der Waals surface area contributed by atoms with Gasteiger partial charge in [0.1, 0.15) is 0 Å². The fourth-order valence-electron chi connectivity index (χ4n) is 2.31. The first-order valence-corrected chi connectivity index (χ1v) is 6.42. The van der Waals surface area contributed by atoms with Gasteiger partial charge in [0, 0.05) is 17.3 Å². The van der Waals surface area contributed by atoms with Crippen molar-refractivity contribution in [1.29, 1.82) is 0 Å². The minimum absolute atomic E-state index is 0.00171. The van der Waals surface area contributed by atoms with E-state index in [1.54, 1.807) is 26.4 Å². The maximum atomic E-state index is 12.4. The molecule has 0 radical (unpaired) electrons. The molecule has 4 nitrogen and oxygen atoms in total. The molecule has 2 rings (SSSR count). The highest BCUT2D eigenvalue weighted by atomic mass is 16.5. The lowest BCUT2D eigenvalue weighted by Gasteiger charge is -2.15. The fraction of sp³-hybridized carbons (Fsp3) is 0.400. The third-order valence-electron chi connectivity index (χ3n) is 3.38. The lowest BCUT2D eigenvalue weighted by atomic mass is 9.92. The molecule has 0 aliphatic heterocycles. The zero-order valence-corrected chi connectivity index (χ0v) is 11.4. The summed E-state index contributed by atoms with van der Waals surface area (Å²) in [5.74, 6) is 1.06. The van der Waals surface area contributed by atoms with Gasteiger partial charge in [0.05, 0.1) is 14.2 Å². The Labute approximate surface area is 113 Å². The summed E-state index contributed by atoms with van der Waals surface area (Å²) in [6.07, 6.45) is 6.02. The second-order valence-corrected chi connectivity index (χ2v) is 4.60. The van der Waals surface area contributed by atoms with Gasteiger partial charge in [0.15, 0.2) is 17.3 Å². The van der Waals surface area contributed by atoms with E-state index >= 15 is 0 Å². The van der Waals surface area contributed by atoms with Crippen molar-refractivity contribution in [1.82, 2.24) is 0 Å². The molecule has 0 heterocycles. The first kappa shape index (κ1) is 13.5. The highest BCUT2D eigenvalue weighted by molar-refractivity contribution is 6.12. The lowest BCUT2D eigenvalue weighted by Crippen LogP contribution is -2.10. The van der Waals surface area contributed by atoms with Gasteiger partial charge in [-0.1, -0.05) is 6.08 Å². The summed E-state index contributed by atoms with van der Waals surface area (Å²) >= 11 is 0. The molecule has 19 heavy (non-hydrogen) atoms. The first-order valence-electron chi connectivity index (χ1n) is 6.42. The minimum Gasteiger partial charge on any atom is -0.493 e. The molecule has 0 unspecified atom stereocenters. The molecule has 1 aliphatic carbocycles. The Hall–Kier alpha value is -1.97. The molecule has 0 amide bonds. The number of benzene rings is 1. The molecule has 0 bridgehead atoms. The highest BCUT2D eigenvalue weighted by Gasteiger charge is 2.19. The topological polar surface area (TPSA) is 61.5 Å². The Morgan fingerprint density at radius 3 is 2.42 bits per heavy atom. The molecule has 1 aromatic carbocycles. The van der Waals surface area contributed by atoms with Crippen LogP contribution in [0.4, 0.5) is 5.69 Å². The molecule has 0 saturated carbocycles. The SMILES string of the molecule is COc1cc(N)c(C(=O)C2=CCCCC2)cc1OC. The summed E-state index contributed by atoms with van der Waals surface area (Å²) in [7, 11) is 3.09. The van der Waals surface area contributed by atoms with Crippen LogP contribution in [0.1, 0.15) is 36.0 Å². The highest BCUT2D eigenvalue weighted by Crippen LogP contribution is 2.34. The number of ketones is 1. The van der Waals surface area contributed by atoms with E-state index in [1.807, 2.05) is 6.08 Å². The van der Waals surface area contributed by atoms with Gasteiger partial charge in [-0.3, -0.25) is 4.79 Å². The molecule has 0 saturated heterocycles. The van der Waals surface area contributed by atoms with Gasteiger partial charge < -0.3 is 15.2 Å². The van der Waals surface area contributed by atoms with Crippen molar-refractivity contribution in [2.75, 3.05) is 20.0 Å². The number of hydrogen-bond donors (Lipinski definition) is 1. The number of carbonyl (C=O) groups excluding carboxylic acids is 1. The van der Waals surface area contributed by atoms with Crippen LogP contribution in [0.25, 0.3) is 0 Å². The second kappa shape index (κ2) is 5.78. The average molecular weight is 261 g/mol. The van der Waals surface area contributed by atoms with Crippen LogP contribution in [-0.2, 0) is 0 Å². The van der Waals surface area contributed by atoms with E-state index in [-0.39, 0.29) is 5.78 Å². The quantitative estimate of drug-likeness (QED) is 0.668. The molecular formula is C15H19NO3. The summed E-state index contributed by atoms with van der Waals surface area (Å²) < 4.78 is 10.4. The summed E-state index contributed by atoms with van der Waals surface area (Å²) in [4.78, 5) is 12.4. The zero-order valence-electron chi connectivity index (χ0n) is 11.4. The summed E-state index contributed by atoms with van der Waals surface area (Å²) in [6.45, 7) is 0. The van der Waals surface area contributed by atoms with Gasteiger partial charge in [0.25, 0.3) is 0 Å². The number of Topliss-reactive ketones (excluding diaryl/α,β-unsaturated/α-hetero) is 1. The van der Waals surface area contributed by atoms with Crippen LogP contribution in [0.5, 0.6) is 11.5 Å². The van der Waals surface area contributed by atoms with Gasteiger partial charge in [0.2, 0.25) is 0 Å². The standard InChI is InChI=1S/C15H19NO3/c1-18-13-8-11(12(16)9-14(13)19-2)15(17)10-6-4-3-5-7-10/h6,8-9H,3-5,7,16H2,1-2H3. The number of anilines is 1. The van der Waals surface area contributed by atoms with E-state index in [0.29, 0.717) is 22.7 Å². The molecule has 0 atom stereocenters. The Morgan fingerprint density at radius 2 is 1.84 bits per heavy atom. The normalized spacial score (nSPS) is 14.7. The molecule has 0 spiro atoms. The maximum absolute atomic E-state index is 12.4. The molecule has 1 aliphatic rings. The number of nitrogen functional groups attached to an aromatic ring is 1.